The van der Waals surface area contributed by atoms with Gasteiger partial charge in [0, 0.05) is 6.10 Å². The Morgan fingerprint density at radius 2 is 1.67 bits per heavy atom. The minimum Gasteiger partial charge on any atom is -0.441 e. The summed E-state index contributed by atoms with van der Waals surface area (Å²) in [5.74, 6) is 0. The summed E-state index contributed by atoms with van der Waals surface area (Å²) in [6.07, 6.45) is 5.41. The Morgan fingerprint density at radius 1 is 1.22 bits per heavy atom. The van der Waals surface area contributed by atoms with Crippen molar-refractivity contribution in [1.29, 1.82) is 0 Å². The summed E-state index contributed by atoms with van der Waals surface area (Å²) in [5.41, 5.74) is 0. The second-order valence-corrected chi connectivity index (χ2v) is 2.44. The molecule has 0 aromatic heterocycles. The van der Waals surface area contributed by atoms with Crippen molar-refractivity contribution in [3.63, 3.8) is 0 Å². The molecule has 2 heteroatoms. The van der Waals surface area contributed by atoms with Crippen LogP contribution in [-0.2, 0) is 4.65 Å². The van der Waals surface area contributed by atoms with Crippen molar-refractivity contribution < 1.29 is 4.65 Å². The van der Waals surface area contributed by atoms with Gasteiger partial charge in [-0.05, 0) is 12.8 Å². The molecule has 0 unspecified atom stereocenters. The van der Waals surface area contributed by atoms with Gasteiger partial charge in [0.25, 0.3) is 8.05 Å². The van der Waals surface area contributed by atoms with Crippen molar-refractivity contribution in [2.75, 3.05) is 0 Å². The zero-order chi connectivity index (χ0) is 7.11. The maximum Gasteiger partial charge on any atom is 0.257 e. The molecule has 0 N–H and O–H groups in total. The molecule has 0 fully saturated rings. The van der Waals surface area contributed by atoms with Crippen LogP contribution in [0.25, 0.3) is 0 Å². The Labute approximate surface area is 59.2 Å². The summed E-state index contributed by atoms with van der Waals surface area (Å²) in [5, 5.41) is 0. The smallest absolute Gasteiger partial charge is 0.257 e. The molecule has 0 amide bonds. The molecule has 54 valence electrons. The molecule has 0 saturated heterocycles. The highest BCUT2D eigenvalue weighted by atomic mass is 16.4. The van der Waals surface area contributed by atoms with E-state index in [0.29, 0.717) is 6.10 Å². The minimum absolute atomic E-state index is 0.514. The molecule has 0 aliphatic rings. The Balaban J connectivity index is 3.18. The monoisotopic (exact) mass is 128 g/mol. The number of rotatable bonds is 5. The zero-order valence-corrected chi connectivity index (χ0v) is 6.81. The van der Waals surface area contributed by atoms with Crippen molar-refractivity contribution in [3.05, 3.63) is 0 Å². The van der Waals surface area contributed by atoms with Gasteiger partial charge in [-0.25, -0.2) is 0 Å². The summed E-state index contributed by atoms with van der Waals surface area (Å²) in [6, 6.07) is 0. The molecule has 0 aromatic rings. The fourth-order valence-electron chi connectivity index (χ4n) is 1.02. The van der Waals surface area contributed by atoms with Crippen LogP contribution in [0.2, 0.25) is 0 Å². The molecular formula is C7H17BO. The number of hydrogen-bond donors (Lipinski definition) is 0. The Morgan fingerprint density at radius 3 is 1.89 bits per heavy atom. The van der Waals surface area contributed by atoms with E-state index in [1.165, 1.54) is 25.7 Å². The summed E-state index contributed by atoms with van der Waals surface area (Å²) in [6.45, 7) is 4.39. The molecule has 0 rings (SSSR count). The molecule has 1 nitrogen and oxygen atoms in total. The molecule has 0 heterocycles. The van der Waals surface area contributed by atoms with Crippen molar-refractivity contribution in [1.82, 2.24) is 0 Å². The zero-order valence-electron chi connectivity index (χ0n) is 6.81. The average molecular weight is 128 g/mol. The van der Waals surface area contributed by atoms with Crippen molar-refractivity contribution >= 4 is 8.05 Å². The van der Waals surface area contributed by atoms with E-state index in [9.17, 15) is 0 Å². The van der Waals surface area contributed by atoms with E-state index < -0.39 is 0 Å². The first-order valence-electron chi connectivity index (χ1n) is 3.87. The lowest BCUT2D eigenvalue weighted by Crippen LogP contribution is -2.09. The molecule has 0 bridgehead atoms. The van der Waals surface area contributed by atoms with Gasteiger partial charge < -0.3 is 4.65 Å². The van der Waals surface area contributed by atoms with E-state index in [1.54, 1.807) is 8.05 Å². The van der Waals surface area contributed by atoms with Gasteiger partial charge in [0.05, 0.1) is 0 Å². The third-order valence-corrected chi connectivity index (χ3v) is 1.55. The van der Waals surface area contributed by atoms with Gasteiger partial charge >= 0.3 is 0 Å². The third-order valence-electron chi connectivity index (χ3n) is 1.55. The van der Waals surface area contributed by atoms with Gasteiger partial charge in [-0.1, -0.05) is 26.7 Å². The largest absolute Gasteiger partial charge is 0.441 e. The SMILES string of the molecule is BOC(CCC)CCC. The first kappa shape index (κ1) is 9.02. The van der Waals surface area contributed by atoms with E-state index in [2.05, 4.69) is 13.8 Å². The van der Waals surface area contributed by atoms with Crippen molar-refractivity contribution in [3.8, 4) is 0 Å². The van der Waals surface area contributed by atoms with E-state index in [4.69, 9.17) is 4.65 Å². The Kier molecular flexibility index (Phi) is 6.17. The van der Waals surface area contributed by atoms with Gasteiger partial charge in [0.1, 0.15) is 0 Å². The summed E-state index contributed by atoms with van der Waals surface area (Å²) >= 11 is 0. The van der Waals surface area contributed by atoms with Crippen molar-refractivity contribution in [2.45, 2.75) is 45.6 Å². The predicted molar refractivity (Wildman–Crippen MR) is 43.2 cm³/mol. The highest BCUT2D eigenvalue weighted by molar-refractivity contribution is 5.98. The maximum absolute atomic E-state index is 5.23. The molecule has 0 aromatic carbocycles. The fourth-order valence-corrected chi connectivity index (χ4v) is 1.02. The van der Waals surface area contributed by atoms with Gasteiger partial charge in [-0.15, -0.1) is 0 Å². The lowest BCUT2D eigenvalue weighted by Gasteiger charge is -2.12. The van der Waals surface area contributed by atoms with Crippen LogP contribution in [0.3, 0.4) is 0 Å². The van der Waals surface area contributed by atoms with Crippen LogP contribution < -0.4 is 0 Å². The summed E-state index contributed by atoms with van der Waals surface area (Å²) in [4.78, 5) is 0. The highest BCUT2D eigenvalue weighted by Gasteiger charge is 2.01. The van der Waals surface area contributed by atoms with Gasteiger partial charge in [-0.2, -0.15) is 0 Å². The van der Waals surface area contributed by atoms with Crippen LogP contribution in [0.5, 0.6) is 0 Å². The van der Waals surface area contributed by atoms with E-state index >= 15 is 0 Å². The first-order chi connectivity index (χ1) is 4.35. The van der Waals surface area contributed by atoms with Crippen molar-refractivity contribution in [2.24, 2.45) is 0 Å². The molecule has 0 aliphatic carbocycles. The third kappa shape index (κ3) is 4.52. The van der Waals surface area contributed by atoms with Crippen LogP contribution in [0.15, 0.2) is 0 Å². The minimum atomic E-state index is 0.514. The van der Waals surface area contributed by atoms with Crippen LogP contribution in [0.4, 0.5) is 0 Å². The predicted octanol–water partition coefficient (Wildman–Crippen LogP) is 1.52. The van der Waals surface area contributed by atoms with Gasteiger partial charge in [0.15, 0.2) is 0 Å². The lowest BCUT2D eigenvalue weighted by molar-refractivity contribution is 0.196. The topological polar surface area (TPSA) is 9.23 Å². The normalized spacial score (nSPS) is 10.6. The second kappa shape index (κ2) is 6.15. The average Bonchev–Trinajstić information content (AvgIpc) is 1.88. The van der Waals surface area contributed by atoms with E-state index in [1.807, 2.05) is 0 Å². The second-order valence-electron chi connectivity index (χ2n) is 2.44. The molecule has 9 heavy (non-hydrogen) atoms. The summed E-state index contributed by atoms with van der Waals surface area (Å²) < 4.78 is 5.23. The highest BCUT2D eigenvalue weighted by Crippen LogP contribution is 2.06. The maximum atomic E-state index is 5.23. The lowest BCUT2D eigenvalue weighted by atomic mass is 10.1. The molecule has 0 atom stereocenters. The standard InChI is InChI=1S/C7H17BO/c1-3-5-7(9-8)6-4-2/h7H,3-6,8H2,1-2H3. The Hall–Kier alpha value is 0.0249. The summed E-state index contributed by atoms with van der Waals surface area (Å²) in [7, 11) is 1.80. The van der Waals surface area contributed by atoms with Crippen LogP contribution in [0, 0.1) is 0 Å². The molecule has 0 spiro atoms. The molecular weight excluding hydrogens is 111 g/mol. The van der Waals surface area contributed by atoms with Gasteiger partial charge in [0.2, 0.25) is 0 Å². The quantitative estimate of drug-likeness (QED) is 0.510. The van der Waals surface area contributed by atoms with Crippen LogP contribution >= 0.6 is 0 Å². The molecule has 0 aliphatic heterocycles. The van der Waals surface area contributed by atoms with Crippen LogP contribution in [-0.4, -0.2) is 14.2 Å². The van der Waals surface area contributed by atoms with Gasteiger partial charge in [-0.3, -0.25) is 0 Å². The molecule has 0 radical (unpaired) electrons. The van der Waals surface area contributed by atoms with E-state index in [-0.39, 0.29) is 0 Å². The van der Waals surface area contributed by atoms with E-state index in [0.717, 1.165) is 0 Å². The first-order valence-corrected chi connectivity index (χ1v) is 3.87. The Bertz CT molecular complexity index is 50.9. The molecule has 0 saturated carbocycles. The number of hydrogen-bond acceptors (Lipinski definition) is 1. The fraction of sp³-hybridized carbons (Fsp3) is 1.00. The van der Waals surface area contributed by atoms with Crippen LogP contribution in [0.1, 0.15) is 39.5 Å².